The number of hydrogen-bond acceptors (Lipinski definition) is 3. The van der Waals surface area contributed by atoms with Crippen molar-refractivity contribution in [2.24, 2.45) is 5.41 Å². The molecule has 0 aliphatic heterocycles. The highest BCUT2D eigenvalue weighted by Gasteiger charge is 2.29. The highest BCUT2D eigenvalue weighted by Crippen LogP contribution is 2.27. The Morgan fingerprint density at radius 1 is 1.05 bits per heavy atom. The summed E-state index contributed by atoms with van der Waals surface area (Å²) in [6, 6.07) is 0.624. The van der Waals surface area contributed by atoms with E-state index in [1.165, 1.54) is 25.8 Å². The molecule has 1 atom stereocenters. The van der Waals surface area contributed by atoms with Crippen molar-refractivity contribution in [2.45, 2.75) is 59.9 Å². The minimum absolute atomic E-state index is 0.422. The van der Waals surface area contributed by atoms with Crippen molar-refractivity contribution in [3.8, 4) is 0 Å². The zero-order valence-electron chi connectivity index (χ0n) is 15.1. The van der Waals surface area contributed by atoms with Gasteiger partial charge in [-0.05, 0) is 58.8 Å². The predicted octanol–water partition coefficient (Wildman–Crippen LogP) is 3.06. The fourth-order valence-corrected chi connectivity index (χ4v) is 2.96. The molecule has 3 heteroatoms. The Bertz CT molecular complexity index is 224. The molecule has 0 bridgehead atoms. The summed E-state index contributed by atoms with van der Waals surface area (Å²) < 4.78 is 0. The Kier molecular flexibility index (Phi) is 10.5. The van der Waals surface area contributed by atoms with Gasteiger partial charge in [0.1, 0.15) is 0 Å². The van der Waals surface area contributed by atoms with Crippen LogP contribution in [0.2, 0.25) is 0 Å². The maximum atomic E-state index is 3.65. The Balaban J connectivity index is 4.65. The lowest BCUT2D eigenvalue weighted by Gasteiger charge is -2.40. The van der Waals surface area contributed by atoms with Crippen LogP contribution in [-0.4, -0.2) is 62.7 Å². The molecule has 1 unspecified atom stereocenters. The number of likely N-dealkylation sites (N-methyl/N-ethyl adjacent to an activating group) is 2. The monoisotopic (exact) mass is 285 g/mol. The van der Waals surface area contributed by atoms with Crippen molar-refractivity contribution in [1.82, 2.24) is 15.1 Å². The SMILES string of the molecule is CCCNCC(CC)(CC)CN(CC)C(C)CN(C)C. The first-order valence-corrected chi connectivity index (χ1v) is 8.54. The highest BCUT2D eigenvalue weighted by molar-refractivity contribution is 4.85. The molecule has 3 nitrogen and oxygen atoms in total. The lowest BCUT2D eigenvalue weighted by Crippen LogP contribution is -2.49. The zero-order valence-corrected chi connectivity index (χ0v) is 15.1. The van der Waals surface area contributed by atoms with Gasteiger partial charge in [-0.25, -0.2) is 0 Å². The molecule has 20 heavy (non-hydrogen) atoms. The molecule has 0 aromatic rings. The molecule has 0 amide bonds. The largest absolute Gasteiger partial charge is 0.316 e. The molecule has 0 rings (SSSR count). The standard InChI is InChI=1S/C17H39N3/c1-8-12-18-14-17(9-2,10-3)15-20(11-4)16(5)13-19(6)7/h16,18H,8-15H2,1-7H3. The van der Waals surface area contributed by atoms with Crippen LogP contribution in [0, 0.1) is 5.41 Å². The van der Waals surface area contributed by atoms with Crippen LogP contribution >= 0.6 is 0 Å². The first kappa shape index (κ1) is 19.9. The van der Waals surface area contributed by atoms with Gasteiger partial charge in [0, 0.05) is 25.7 Å². The van der Waals surface area contributed by atoms with E-state index in [1.807, 2.05) is 0 Å². The summed E-state index contributed by atoms with van der Waals surface area (Å²) >= 11 is 0. The van der Waals surface area contributed by atoms with Crippen LogP contribution in [-0.2, 0) is 0 Å². The maximum absolute atomic E-state index is 3.65. The summed E-state index contributed by atoms with van der Waals surface area (Å²) in [6.45, 7) is 17.4. The Hall–Kier alpha value is -0.120. The molecular weight excluding hydrogens is 246 g/mol. The van der Waals surface area contributed by atoms with Crippen molar-refractivity contribution < 1.29 is 0 Å². The molecule has 0 aromatic carbocycles. The van der Waals surface area contributed by atoms with E-state index in [1.54, 1.807) is 0 Å². The molecule has 0 heterocycles. The third-order valence-corrected chi connectivity index (χ3v) is 4.62. The molecule has 0 saturated carbocycles. The van der Waals surface area contributed by atoms with E-state index in [-0.39, 0.29) is 0 Å². The summed E-state index contributed by atoms with van der Waals surface area (Å²) in [5, 5.41) is 3.65. The number of nitrogens with zero attached hydrogens (tertiary/aromatic N) is 2. The molecule has 0 fully saturated rings. The Labute approximate surface area is 128 Å². The van der Waals surface area contributed by atoms with E-state index in [4.69, 9.17) is 0 Å². The second-order valence-electron chi connectivity index (χ2n) is 6.56. The van der Waals surface area contributed by atoms with Gasteiger partial charge in [0.05, 0.1) is 0 Å². The van der Waals surface area contributed by atoms with Gasteiger partial charge in [0.2, 0.25) is 0 Å². The van der Waals surface area contributed by atoms with Gasteiger partial charge in [-0.15, -0.1) is 0 Å². The van der Waals surface area contributed by atoms with E-state index in [2.05, 4.69) is 63.8 Å². The van der Waals surface area contributed by atoms with Gasteiger partial charge >= 0.3 is 0 Å². The first-order valence-electron chi connectivity index (χ1n) is 8.54. The van der Waals surface area contributed by atoms with E-state index in [0.717, 1.165) is 26.2 Å². The van der Waals surface area contributed by atoms with Crippen LogP contribution in [0.4, 0.5) is 0 Å². The lowest BCUT2D eigenvalue weighted by molar-refractivity contribution is 0.0962. The summed E-state index contributed by atoms with van der Waals surface area (Å²) in [6.07, 6.45) is 3.73. The smallest absolute Gasteiger partial charge is 0.0194 e. The van der Waals surface area contributed by atoms with E-state index >= 15 is 0 Å². The van der Waals surface area contributed by atoms with Gasteiger partial charge in [-0.2, -0.15) is 0 Å². The van der Waals surface area contributed by atoms with Crippen molar-refractivity contribution in [2.75, 3.05) is 46.8 Å². The van der Waals surface area contributed by atoms with Crippen LogP contribution in [0.3, 0.4) is 0 Å². The molecule has 0 radical (unpaired) electrons. The van der Waals surface area contributed by atoms with E-state index < -0.39 is 0 Å². The van der Waals surface area contributed by atoms with Crippen molar-refractivity contribution in [1.29, 1.82) is 0 Å². The lowest BCUT2D eigenvalue weighted by atomic mass is 9.81. The highest BCUT2D eigenvalue weighted by atomic mass is 15.2. The first-order chi connectivity index (χ1) is 9.44. The van der Waals surface area contributed by atoms with Crippen LogP contribution in [0.5, 0.6) is 0 Å². The molecule has 0 aromatic heterocycles. The van der Waals surface area contributed by atoms with Crippen LogP contribution in [0.25, 0.3) is 0 Å². The fourth-order valence-electron chi connectivity index (χ4n) is 2.96. The van der Waals surface area contributed by atoms with Crippen LogP contribution in [0.1, 0.15) is 53.9 Å². The average Bonchev–Trinajstić information content (AvgIpc) is 2.42. The molecule has 0 aliphatic carbocycles. The Morgan fingerprint density at radius 2 is 1.65 bits per heavy atom. The van der Waals surface area contributed by atoms with Gasteiger partial charge < -0.3 is 10.2 Å². The average molecular weight is 286 g/mol. The third-order valence-electron chi connectivity index (χ3n) is 4.62. The third kappa shape index (κ3) is 7.05. The summed E-state index contributed by atoms with van der Waals surface area (Å²) in [5.74, 6) is 0. The van der Waals surface area contributed by atoms with Crippen molar-refractivity contribution >= 4 is 0 Å². The maximum Gasteiger partial charge on any atom is 0.0194 e. The van der Waals surface area contributed by atoms with Crippen LogP contribution in [0.15, 0.2) is 0 Å². The van der Waals surface area contributed by atoms with Gasteiger partial charge in [0.15, 0.2) is 0 Å². The number of hydrogen-bond donors (Lipinski definition) is 1. The summed E-state index contributed by atoms with van der Waals surface area (Å²) in [5.41, 5.74) is 0.422. The van der Waals surface area contributed by atoms with Crippen molar-refractivity contribution in [3.05, 3.63) is 0 Å². The molecule has 1 N–H and O–H groups in total. The molecule has 0 saturated heterocycles. The molecule has 0 spiro atoms. The van der Waals surface area contributed by atoms with Gasteiger partial charge in [-0.3, -0.25) is 4.90 Å². The minimum Gasteiger partial charge on any atom is -0.316 e. The normalized spacial score (nSPS) is 14.2. The Morgan fingerprint density at radius 3 is 2.05 bits per heavy atom. The zero-order chi connectivity index (χ0) is 15.6. The van der Waals surface area contributed by atoms with E-state index in [9.17, 15) is 0 Å². The second-order valence-corrected chi connectivity index (χ2v) is 6.56. The minimum atomic E-state index is 0.422. The number of rotatable bonds is 12. The second kappa shape index (κ2) is 10.6. The predicted molar refractivity (Wildman–Crippen MR) is 91.4 cm³/mol. The quantitative estimate of drug-likeness (QED) is 0.556. The van der Waals surface area contributed by atoms with E-state index in [0.29, 0.717) is 11.5 Å². The summed E-state index contributed by atoms with van der Waals surface area (Å²) in [4.78, 5) is 4.95. The van der Waals surface area contributed by atoms with Gasteiger partial charge in [0.25, 0.3) is 0 Å². The molecule has 122 valence electrons. The van der Waals surface area contributed by atoms with Crippen LogP contribution < -0.4 is 5.32 Å². The van der Waals surface area contributed by atoms with Gasteiger partial charge in [-0.1, -0.05) is 27.7 Å². The topological polar surface area (TPSA) is 18.5 Å². The number of nitrogens with one attached hydrogen (secondary N) is 1. The summed E-state index contributed by atoms with van der Waals surface area (Å²) in [7, 11) is 4.33. The molecule has 0 aliphatic rings. The fraction of sp³-hybridized carbons (Fsp3) is 1.00. The molecular formula is C17H39N3. The van der Waals surface area contributed by atoms with Crippen molar-refractivity contribution in [3.63, 3.8) is 0 Å².